The molecule has 0 N–H and O–H groups in total. The molecule has 96 valence electrons. The molecule has 2 unspecified atom stereocenters. The van der Waals surface area contributed by atoms with Gasteiger partial charge in [-0.1, -0.05) is 18.2 Å². The van der Waals surface area contributed by atoms with Crippen molar-refractivity contribution in [3.8, 4) is 0 Å². The van der Waals surface area contributed by atoms with E-state index in [4.69, 9.17) is 0 Å². The first-order valence-corrected chi connectivity index (χ1v) is 7.03. The largest absolute Gasteiger partial charge is 0.364 e. The Labute approximate surface area is 109 Å². The fourth-order valence-corrected chi connectivity index (χ4v) is 3.75. The Hall–Kier alpha value is -1.31. The Balaban J connectivity index is 2.03. The highest BCUT2D eigenvalue weighted by Gasteiger charge is 2.38. The number of nitrogens with zero attached hydrogens (tertiary/aromatic N) is 1. The van der Waals surface area contributed by atoms with Gasteiger partial charge in [-0.3, -0.25) is 4.79 Å². The van der Waals surface area contributed by atoms with Crippen molar-refractivity contribution in [2.75, 3.05) is 4.90 Å². The molecule has 2 heteroatoms. The van der Waals surface area contributed by atoms with Gasteiger partial charge in [0, 0.05) is 30.6 Å². The van der Waals surface area contributed by atoms with Gasteiger partial charge in [-0.25, -0.2) is 0 Å². The number of rotatable bonds is 1. The number of Topliss-reactive ketones (excluding diaryl/α,β-unsaturated/α-hetero) is 1. The molecular weight excluding hydrogens is 222 g/mol. The molecule has 0 aromatic heterocycles. The predicted molar refractivity (Wildman–Crippen MR) is 74.1 cm³/mol. The smallest absolute Gasteiger partial charge is 0.137 e. The van der Waals surface area contributed by atoms with Crippen LogP contribution in [-0.4, -0.2) is 17.9 Å². The first kappa shape index (κ1) is 11.8. The standard InChI is InChI=1S/C16H21NO/c1-11-5-3-6-12(2)16(11)17-13-7-4-8-14(17)10-15(18)9-13/h3,5-6,13-14H,4,7-10H2,1-2H3. The van der Waals surface area contributed by atoms with E-state index in [-0.39, 0.29) is 0 Å². The van der Waals surface area contributed by atoms with Crippen molar-refractivity contribution in [1.29, 1.82) is 0 Å². The third-order valence-electron chi connectivity index (χ3n) is 4.49. The zero-order valence-electron chi connectivity index (χ0n) is 11.3. The van der Waals surface area contributed by atoms with Gasteiger partial charge in [-0.2, -0.15) is 0 Å². The number of para-hydroxylation sites is 1. The summed E-state index contributed by atoms with van der Waals surface area (Å²) >= 11 is 0. The first-order chi connectivity index (χ1) is 8.66. The molecule has 0 aliphatic carbocycles. The molecule has 1 aromatic rings. The van der Waals surface area contributed by atoms with E-state index in [0.717, 1.165) is 12.8 Å². The van der Waals surface area contributed by atoms with Crippen LogP contribution in [0.5, 0.6) is 0 Å². The van der Waals surface area contributed by atoms with E-state index >= 15 is 0 Å². The second-order valence-corrected chi connectivity index (χ2v) is 5.83. The maximum absolute atomic E-state index is 11.8. The second-order valence-electron chi connectivity index (χ2n) is 5.83. The van der Waals surface area contributed by atoms with E-state index in [9.17, 15) is 4.79 Å². The minimum Gasteiger partial charge on any atom is -0.364 e. The molecule has 2 atom stereocenters. The monoisotopic (exact) mass is 243 g/mol. The Morgan fingerprint density at radius 1 is 1.06 bits per heavy atom. The van der Waals surface area contributed by atoms with E-state index < -0.39 is 0 Å². The lowest BCUT2D eigenvalue weighted by atomic mass is 9.82. The normalized spacial score (nSPS) is 27.4. The number of piperidine rings is 2. The van der Waals surface area contributed by atoms with Crippen molar-refractivity contribution in [1.82, 2.24) is 0 Å². The summed E-state index contributed by atoms with van der Waals surface area (Å²) < 4.78 is 0. The van der Waals surface area contributed by atoms with Crippen molar-refractivity contribution in [3.63, 3.8) is 0 Å². The van der Waals surface area contributed by atoms with E-state index in [1.165, 1.54) is 36.1 Å². The topological polar surface area (TPSA) is 20.3 Å². The van der Waals surface area contributed by atoms with Crippen LogP contribution in [0.15, 0.2) is 18.2 Å². The molecular formula is C16H21NO. The summed E-state index contributed by atoms with van der Waals surface area (Å²) in [5.74, 6) is 0.465. The highest BCUT2D eigenvalue weighted by atomic mass is 16.1. The summed E-state index contributed by atoms with van der Waals surface area (Å²) in [5.41, 5.74) is 4.09. The number of hydrogen-bond acceptors (Lipinski definition) is 2. The average molecular weight is 243 g/mol. The van der Waals surface area contributed by atoms with Crippen LogP contribution in [0.3, 0.4) is 0 Å². The summed E-state index contributed by atoms with van der Waals surface area (Å²) in [6, 6.07) is 7.40. The maximum Gasteiger partial charge on any atom is 0.137 e. The van der Waals surface area contributed by atoms with Gasteiger partial charge in [0.15, 0.2) is 0 Å². The van der Waals surface area contributed by atoms with Crippen molar-refractivity contribution in [2.24, 2.45) is 0 Å². The van der Waals surface area contributed by atoms with Crippen LogP contribution in [0, 0.1) is 13.8 Å². The zero-order chi connectivity index (χ0) is 12.7. The number of benzene rings is 1. The third kappa shape index (κ3) is 1.84. The second kappa shape index (κ2) is 4.42. The number of hydrogen-bond donors (Lipinski definition) is 0. The van der Waals surface area contributed by atoms with Crippen LogP contribution < -0.4 is 4.90 Å². The van der Waals surface area contributed by atoms with E-state index in [0.29, 0.717) is 17.9 Å². The number of ketones is 1. The van der Waals surface area contributed by atoms with Crippen molar-refractivity contribution in [2.45, 2.75) is 58.0 Å². The van der Waals surface area contributed by atoms with Gasteiger partial charge in [0.1, 0.15) is 5.78 Å². The van der Waals surface area contributed by atoms with Crippen LogP contribution in [0.2, 0.25) is 0 Å². The van der Waals surface area contributed by atoms with Crippen LogP contribution in [0.4, 0.5) is 5.69 Å². The van der Waals surface area contributed by atoms with Crippen molar-refractivity contribution >= 4 is 11.5 Å². The summed E-state index contributed by atoms with van der Waals surface area (Å²) in [6.45, 7) is 4.38. The van der Waals surface area contributed by atoms with Crippen LogP contribution >= 0.6 is 0 Å². The molecule has 0 amide bonds. The fraction of sp³-hybridized carbons (Fsp3) is 0.562. The molecule has 0 spiro atoms. The zero-order valence-corrected chi connectivity index (χ0v) is 11.3. The number of aryl methyl sites for hydroxylation is 2. The van der Waals surface area contributed by atoms with Gasteiger partial charge in [0.2, 0.25) is 0 Å². The molecule has 2 fully saturated rings. The highest BCUT2D eigenvalue weighted by molar-refractivity contribution is 5.83. The van der Waals surface area contributed by atoms with Gasteiger partial charge >= 0.3 is 0 Å². The molecule has 2 heterocycles. The number of carbonyl (C=O) groups is 1. The Morgan fingerprint density at radius 3 is 2.17 bits per heavy atom. The molecule has 1 aromatic carbocycles. The summed E-state index contributed by atoms with van der Waals surface area (Å²) in [7, 11) is 0. The molecule has 0 saturated carbocycles. The first-order valence-electron chi connectivity index (χ1n) is 7.03. The van der Waals surface area contributed by atoms with Crippen LogP contribution in [0.25, 0.3) is 0 Å². The quantitative estimate of drug-likeness (QED) is 0.753. The average Bonchev–Trinajstić information content (AvgIpc) is 2.29. The van der Waals surface area contributed by atoms with E-state index in [1.807, 2.05) is 0 Å². The molecule has 2 bridgehead atoms. The van der Waals surface area contributed by atoms with Crippen LogP contribution in [-0.2, 0) is 4.79 Å². The lowest BCUT2D eigenvalue weighted by molar-refractivity contribution is -0.121. The van der Waals surface area contributed by atoms with Gasteiger partial charge in [-0.05, 0) is 44.2 Å². The molecule has 0 radical (unpaired) electrons. The SMILES string of the molecule is Cc1cccc(C)c1N1C2CCCC1CC(=O)C2. The predicted octanol–water partition coefficient (Wildman–Crippen LogP) is 3.39. The maximum atomic E-state index is 11.8. The third-order valence-corrected chi connectivity index (χ3v) is 4.49. The number of anilines is 1. The highest BCUT2D eigenvalue weighted by Crippen LogP contribution is 2.39. The summed E-state index contributed by atoms with van der Waals surface area (Å²) in [5, 5.41) is 0. The van der Waals surface area contributed by atoms with Gasteiger partial charge in [0.05, 0.1) is 0 Å². The molecule has 2 nitrogen and oxygen atoms in total. The number of carbonyl (C=O) groups excluding carboxylic acids is 1. The molecule has 3 rings (SSSR count). The Morgan fingerprint density at radius 2 is 1.61 bits per heavy atom. The molecule has 2 aliphatic rings. The Kier molecular flexibility index (Phi) is 2.89. The van der Waals surface area contributed by atoms with Crippen molar-refractivity contribution in [3.05, 3.63) is 29.3 Å². The number of fused-ring (bicyclic) bond motifs is 2. The molecule has 18 heavy (non-hydrogen) atoms. The lowest BCUT2D eigenvalue weighted by Gasteiger charge is -2.48. The van der Waals surface area contributed by atoms with Crippen molar-refractivity contribution < 1.29 is 4.79 Å². The van der Waals surface area contributed by atoms with E-state index in [1.54, 1.807) is 0 Å². The van der Waals surface area contributed by atoms with Gasteiger partial charge < -0.3 is 4.90 Å². The summed E-state index contributed by atoms with van der Waals surface area (Å²) in [4.78, 5) is 14.4. The Bertz CT molecular complexity index is 444. The minimum absolute atomic E-state index is 0.449. The minimum atomic E-state index is 0.449. The molecule has 2 aliphatic heterocycles. The lowest BCUT2D eigenvalue weighted by Crippen LogP contribution is -2.53. The van der Waals surface area contributed by atoms with E-state index in [2.05, 4.69) is 36.9 Å². The molecule has 2 saturated heterocycles. The fourth-order valence-electron chi connectivity index (χ4n) is 3.75. The van der Waals surface area contributed by atoms with Gasteiger partial charge in [-0.15, -0.1) is 0 Å². The summed E-state index contributed by atoms with van der Waals surface area (Å²) in [6.07, 6.45) is 5.14. The van der Waals surface area contributed by atoms with Gasteiger partial charge in [0.25, 0.3) is 0 Å². The van der Waals surface area contributed by atoms with Crippen LogP contribution in [0.1, 0.15) is 43.2 Å².